The van der Waals surface area contributed by atoms with Crippen molar-refractivity contribution in [2.75, 3.05) is 0 Å². The van der Waals surface area contributed by atoms with Gasteiger partial charge in [0.25, 0.3) is 0 Å². The normalized spacial score (nSPS) is 11.2. The molecule has 0 fully saturated rings. The third kappa shape index (κ3) is 38.0. The van der Waals surface area contributed by atoms with Gasteiger partial charge in [-0.1, -0.05) is 104 Å². The molecule has 0 spiro atoms. The van der Waals surface area contributed by atoms with E-state index in [-0.39, 0.29) is 11.9 Å². The van der Waals surface area contributed by atoms with Crippen LogP contribution >= 0.6 is 0 Å². The Bertz CT molecular complexity index is 520. The zero-order chi connectivity index (χ0) is 31.3. The summed E-state index contributed by atoms with van der Waals surface area (Å²) in [6.07, 6.45) is 43.4. The third-order valence-electron chi connectivity index (χ3n) is 8.78. The zero-order valence-corrected chi connectivity index (χ0v) is 33.1. The average molecular weight is 802 g/mol. The second-order valence-corrected chi connectivity index (χ2v) is 15.4. The van der Waals surface area contributed by atoms with Gasteiger partial charge in [-0.2, -0.15) is 0 Å². The van der Waals surface area contributed by atoms with Crippen LogP contribution in [0.2, 0.25) is 0 Å². The molecule has 0 amide bonds. The van der Waals surface area contributed by atoms with Crippen LogP contribution < -0.4 is 0 Å². The molecule has 0 saturated heterocycles. The summed E-state index contributed by atoms with van der Waals surface area (Å²) in [5, 5.41) is 0. The van der Waals surface area contributed by atoms with Crippen molar-refractivity contribution in [3.8, 4) is 0 Å². The summed E-state index contributed by atoms with van der Waals surface area (Å²) in [6, 6.07) is 0. The van der Waals surface area contributed by atoms with Gasteiger partial charge in [0.1, 0.15) is 0 Å². The van der Waals surface area contributed by atoms with Gasteiger partial charge in [-0.3, -0.25) is 0 Å². The summed E-state index contributed by atoms with van der Waals surface area (Å²) in [5.74, 6) is -0.326. The van der Waals surface area contributed by atoms with Crippen LogP contribution in [0.25, 0.3) is 0 Å². The smallest absolute Gasteiger partial charge is 0.0654 e. The van der Waals surface area contributed by atoms with Crippen LogP contribution in [0.1, 0.15) is 232 Å². The Kier molecular flexibility index (Phi) is 37.9. The van der Waals surface area contributed by atoms with Gasteiger partial charge in [-0.15, -0.1) is 0 Å². The van der Waals surface area contributed by atoms with E-state index in [9.17, 15) is 9.59 Å². The molecule has 4 nitrogen and oxygen atoms in total. The van der Waals surface area contributed by atoms with Gasteiger partial charge >= 0.3 is 180 Å². The second kappa shape index (κ2) is 38.0. The fourth-order valence-corrected chi connectivity index (χ4v) is 7.53. The predicted molar refractivity (Wildman–Crippen MR) is 186 cm³/mol. The summed E-state index contributed by atoms with van der Waals surface area (Å²) >= 11 is -2.03. The van der Waals surface area contributed by atoms with E-state index >= 15 is 0 Å². The van der Waals surface area contributed by atoms with Crippen molar-refractivity contribution in [2.24, 2.45) is 0 Å². The van der Waals surface area contributed by atoms with Crippen molar-refractivity contribution in [1.82, 2.24) is 0 Å². The number of rotatable bonds is 36. The van der Waals surface area contributed by atoms with Crippen molar-refractivity contribution in [1.29, 1.82) is 0 Å². The fraction of sp³-hybridized carbons (Fsp3) is 0.947. The average Bonchev–Trinajstić information content (AvgIpc) is 3.00. The molecule has 0 aromatic rings. The van der Waals surface area contributed by atoms with Gasteiger partial charge in [-0.25, -0.2) is 0 Å². The summed E-state index contributed by atoms with van der Waals surface area (Å²) in [4.78, 5) is 23.8. The Morgan fingerprint density at radius 2 is 0.512 bits per heavy atom. The van der Waals surface area contributed by atoms with Crippen LogP contribution in [-0.4, -0.2) is 37.1 Å². The molecule has 2 radical (unpaired) electrons. The molecule has 43 heavy (non-hydrogen) atoms. The Labute approximate surface area is 282 Å². The van der Waals surface area contributed by atoms with Crippen molar-refractivity contribution >= 4 is 37.1 Å². The number of unbranched alkanes of at least 4 members (excludes halogenated alkanes) is 30. The molecule has 0 aliphatic heterocycles. The Hall–Kier alpha value is -0.138. The van der Waals surface area contributed by atoms with Gasteiger partial charge in [-0.05, 0) is 0 Å². The van der Waals surface area contributed by atoms with Gasteiger partial charge < -0.3 is 0 Å². The van der Waals surface area contributed by atoms with Gasteiger partial charge in [0.2, 0.25) is 0 Å². The van der Waals surface area contributed by atoms with Crippen molar-refractivity contribution in [3.63, 3.8) is 0 Å². The van der Waals surface area contributed by atoms with Gasteiger partial charge in [0, 0.05) is 0 Å². The maximum absolute atomic E-state index is 11.9. The van der Waals surface area contributed by atoms with Gasteiger partial charge in [0.05, 0.1) is 0 Å². The third-order valence-corrected chi connectivity index (χ3v) is 11.2. The summed E-state index contributed by atoms with van der Waals surface area (Å²) in [6.45, 7) is 4.56. The zero-order valence-electron chi connectivity index (χ0n) is 29.2. The predicted octanol–water partition coefficient (Wildman–Crippen LogP) is 12.9. The first-order valence-corrected chi connectivity index (χ1v) is 22.5. The molecular formula is C38H74O4Pb. The molecule has 254 valence electrons. The topological polar surface area (TPSA) is 52.6 Å². The number of carbonyl (C=O) groups excluding carboxylic acids is 2. The van der Waals surface area contributed by atoms with Crippen LogP contribution in [0.3, 0.4) is 0 Å². The summed E-state index contributed by atoms with van der Waals surface area (Å²) < 4.78 is 10.6. The SMILES string of the molecule is CCCCCCCCCCCCCCCCCCC(=O)[O][Pb][O]C(=O)CCCCCCCCCCCCCCCCCC. The van der Waals surface area contributed by atoms with Crippen LogP contribution in [0.4, 0.5) is 0 Å². The van der Waals surface area contributed by atoms with E-state index in [1.54, 1.807) is 0 Å². The summed E-state index contributed by atoms with van der Waals surface area (Å²) in [5.41, 5.74) is 0. The molecule has 0 bridgehead atoms. The number of hydrogen-bond acceptors (Lipinski definition) is 4. The van der Waals surface area contributed by atoms with E-state index in [4.69, 9.17) is 5.37 Å². The van der Waals surface area contributed by atoms with E-state index in [0.717, 1.165) is 25.7 Å². The number of carbonyl (C=O) groups is 2. The van der Waals surface area contributed by atoms with Crippen molar-refractivity contribution in [3.05, 3.63) is 0 Å². The second-order valence-electron chi connectivity index (χ2n) is 13.1. The molecule has 0 aromatic carbocycles. The first kappa shape index (κ1) is 42.9. The van der Waals surface area contributed by atoms with Crippen LogP contribution in [-0.2, 0) is 15.0 Å². The minimum Gasteiger partial charge on any atom is -0.0654 e. The molecule has 0 atom stereocenters. The Balaban J connectivity index is 3.26. The molecular weight excluding hydrogens is 728 g/mol. The molecule has 0 aliphatic rings. The van der Waals surface area contributed by atoms with Crippen LogP contribution in [0.15, 0.2) is 0 Å². The number of hydrogen-bond donors (Lipinski definition) is 0. The molecule has 0 heterocycles. The first-order valence-electron chi connectivity index (χ1n) is 19.3. The van der Waals surface area contributed by atoms with Crippen LogP contribution in [0, 0.1) is 0 Å². The van der Waals surface area contributed by atoms with E-state index in [2.05, 4.69) is 13.8 Å². The standard InChI is InChI=1S/2C19H38O2.Pb/c2*1-2-3-4-5-6-7-8-9-10-11-12-13-14-15-16-17-18-19(20)21;/h2*2-18H2,1H3,(H,20,21);/q;;+2/p-2. The Morgan fingerprint density at radius 1 is 0.326 bits per heavy atom. The van der Waals surface area contributed by atoms with Crippen molar-refractivity contribution in [2.45, 2.75) is 232 Å². The molecule has 0 aliphatic carbocycles. The van der Waals surface area contributed by atoms with Crippen LogP contribution in [0.5, 0.6) is 0 Å². The van der Waals surface area contributed by atoms with E-state index in [1.165, 1.54) is 180 Å². The van der Waals surface area contributed by atoms with Gasteiger partial charge in [0.15, 0.2) is 0 Å². The molecule has 0 aromatic heterocycles. The van der Waals surface area contributed by atoms with Crippen molar-refractivity contribution < 1.29 is 15.0 Å². The maximum atomic E-state index is 11.9. The Morgan fingerprint density at radius 3 is 0.721 bits per heavy atom. The monoisotopic (exact) mass is 803 g/mol. The first-order chi connectivity index (χ1) is 21.2. The quantitative estimate of drug-likeness (QED) is 0.0468. The molecule has 0 rings (SSSR count). The van der Waals surface area contributed by atoms with E-state index in [1.807, 2.05) is 0 Å². The fourth-order valence-electron chi connectivity index (χ4n) is 5.85. The van der Waals surface area contributed by atoms with E-state index in [0.29, 0.717) is 12.8 Å². The molecule has 0 unspecified atom stereocenters. The molecule has 0 N–H and O–H groups in total. The minimum absolute atomic E-state index is 0.163. The van der Waals surface area contributed by atoms with E-state index < -0.39 is 25.1 Å². The molecule has 5 heteroatoms. The molecule has 0 saturated carbocycles. The summed E-state index contributed by atoms with van der Waals surface area (Å²) in [7, 11) is 0. The minimum atomic E-state index is -2.03.